The lowest BCUT2D eigenvalue weighted by atomic mass is 10.1. The number of ether oxygens (including phenoxy) is 2. The van der Waals surface area contributed by atoms with Crippen LogP contribution in [0.15, 0.2) is 24.3 Å². The number of carbonyl (C=O) groups is 2. The highest BCUT2D eigenvalue weighted by Crippen LogP contribution is 2.07. The maximum Gasteiger partial charge on any atom is 0.387 e. The van der Waals surface area contributed by atoms with E-state index in [-0.39, 0.29) is 26.2 Å². The van der Waals surface area contributed by atoms with E-state index >= 15 is 0 Å². The summed E-state index contributed by atoms with van der Waals surface area (Å²) in [5.74, 6) is -1.13. The molecule has 0 bridgehead atoms. The molecule has 0 heterocycles. The van der Waals surface area contributed by atoms with Crippen molar-refractivity contribution in [3.05, 3.63) is 46.8 Å². The minimum Gasteiger partial charge on any atom is -0.460 e. The minimum absolute atomic E-state index is 0.0955. The molecule has 102 valence electrons. The predicted molar refractivity (Wildman–Crippen MR) is 67.7 cm³/mol. The molecule has 0 amide bonds. The number of esters is 2. The van der Waals surface area contributed by atoms with Gasteiger partial charge in [-0.05, 0) is 11.1 Å². The molecule has 0 aliphatic heterocycles. The van der Waals surface area contributed by atoms with Gasteiger partial charge in [-0.1, -0.05) is 24.3 Å². The van der Waals surface area contributed by atoms with Gasteiger partial charge in [0.2, 0.25) is 0 Å². The Morgan fingerprint density at radius 1 is 1.10 bits per heavy atom. The van der Waals surface area contributed by atoms with Crippen molar-refractivity contribution in [2.75, 3.05) is 6.54 Å². The molecular formula is C14H12N2O4. The van der Waals surface area contributed by atoms with E-state index in [9.17, 15) is 9.59 Å². The van der Waals surface area contributed by atoms with Crippen molar-refractivity contribution in [2.45, 2.75) is 19.6 Å². The molecule has 0 fully saturated rings. The van der Waals surface area contributed by atoms with Crippen LogP contribution in [0.3, 0.4) is 0 Å². The van der Waals surface area contributed by atoms with Gasteiger partial charge in [0.1, 0.15) is 19.6 Å². The third-order valence-corrected chi connectivity index (χ3v) is 2.25. The molecule has 6 heteroatoms. The van der Waals surface area contributed by atoms with Gasteiger partial charge >= 0.3 is 18.5 Å². The highest BCUT2D eigenvalue weighted by molar-refractivity contribution is 5.73. The highest BCUT2D eigenvalue weighted by atomic mass is 16.5. The third-order valence-electron chi connectivity index (χ3n) is 2.25. The largest absolute Gasteiger partial charge is 0.460 e. The average Bonchev–Trinajstić information content (AvgIpc) is 2.45. The Morgan fingerprint density at radius 2 is 1.60 bits per heavy atom. The monoisotopic (exact) mass is 272 g/mol. The molecule has 20 heavy (non-hydrogen) atoms. The van der Waals surface area contributed by atoms with E-state index in [1.165, 1.54) is 0 Å². The second-order valence-electron chi connectivity index (χ2n) is 3.79. The molecule has 0 unspecified atom stereocenters. The van der Waals surface area contributed by atoms with Crippen LogP contribution < -0.4 is 0 Å². The van der Waals surface area contributed by atoms with Crippen molar-refractivity contribution in [3.8, 4) is 6.07 Å². The lowest BCUT2D eigenvalue weighted by molar-refractivity contribution is -0.144. The first-order chi connectivity index (χ1) is 9.65. The van der Waals surface area contributed by atoms with E-state index in [0.717, 1.165) is 11.1 Å². The average molecular weight is 272 g/mol. The molecule has 0 aliphatic carbocycles. The first-order valence-corrected chi connectivity index (χ1v) is 5.75. The van der Waals surface area contributed by atoms with Gasteiger partial charge in [-0.15, -0.1) is 0 Å². The molecule has 0 atom stereocenters. The number of hydrogen-bond acceptors (Lipinski definition) is 5. The van der Waals surface area contributed by atoms with Gasteiger partial charge in [0, 0.05) is 0 Å². The zero-order valence-electron chi connectivity index (χ0n) is 10.7. The second kappa shape index (κ2) is 8.28. The van der Waals surface area contributed by atoms with Crippen LogP contribution in [0.4, 0.5) is 0 Å². The van der Waals surface area contributed by atoms with Gasteiger partial charge < -0.3 is 14.3 Å². The lowest BCUT2D eigenvalue weighted by Gasteiger charge is -2.05. The standard InChI is InChI=1S/C14H12N2O4/c1-16-8-14(18)20-10-12-4-2-11(3-5-12)9-19-13(17)6-7-15/h2-5H,6,8-10H2. The van der Waals surface area contributed by atoms with Gasteiger partial charge in [0.15, 0.2) is 0 Å². The van der Waals surface area contributed by atoms with E-state index in [1.54, 1.807) is 30.3 Å². The lowest BCUT2D eigenvalue weighted by Crippen LogP contribution is -2.07. The fraction of sp³-hybridized carbons (Fsp3) is 0.286. The van der Waals surface area contributed by atoms with Gasteiger partial charge in [0.25, 0.3) is 0 Å². The maximum absolute atomic E-state index is 11.0. The van der Waals surface area contributed by atoms with Crippen molar-refractivity contribution in [1.82, 2.24) is 0 Å². The Morgan fingerprint density at radius 3 is 2.05 bits per heavy atom. The Balaban J connectivity index is 2.41. The van der Waals surface area contributed by atoms with Crippen LogP contribution in [-0.2, 0) is 32.3 Å². The molecule has 0 aliphatic rings. The molecule has 0 spiro atoms. The van der Waals surface area contributed by atoms with E-state index < -0.39 is 11.9 Å². The SMILES string of the molecule is [C-]#[N+]CC(=O)OCc1ccc(COC(=O)CC#N)cc1. The minimum atomic E-state index is -0.565. The Hall–Kier alpha value is -2.86. The summed E-state index contributed by atoms with van der Waals surface area (Å²) < 4.78 is 9.72. The fourth-order valence-corrected chi connectivity index (χ4v) is 1.29. The first kappa shape index (κ1) is 15.2. The summed E-state index contributed by atoms with van der Waals surface area (Å²) in [6, 6.07) is 8.64. The topological polar surface area (TPSA) is 80.8 Å². The van der Waals surface area contributed by atoms with Crippen molar-refractivity contribution in [3.63, 3.8) is 0 Å². The first-order valence-electron chi connectivity index (χ1n) is 5.75. The van der Waals surface area contributed by atoms with E-state index in [0.29, 0.717) is 0 Å². The number of carbonyl (C=O) groups excluding carboxylic acids is 2. The van der Waals surface area contributed by atoms with Gasteiger partial charge in [-0.3, -0.25) is 4.79 Å². The summed E-state index contributed by atoms with van der Waals surface area (Å²) >= 11 is 0. The van der Waals surface area contributed by atoms with Crippen molar-refractivity contribution < 1.29 is 19.1 Å². The van der Waals surface area contributed by atoms with Crippen LogP contribution in [0.5, 0.6) is 0 Å². The van der Waals surface area contributed by atoms with Crippen LogP contribution in [0.25, 0.3) is 4.85 Å². The molecule has 0 radical (unpaired) electrons. The van der Waals surface area contributed by atoms with E-state index in [2.05, 4.69) is 4.85 Å². The molecule has 0 saturated carbocycles. The normalized spacial score (nSPS) is 9.10. The van der Waals surface area contributed by atoms with E-state index in [4.69, 9.17) is 21.3 Å². The highest BCUT2D eigenvalue weighted by Gasteiger charge is 2.06. The fourth-order valence-electron chi connectivity index (χ4n) is 1.29. The third kappa shape index (κ3) is 5.65. The van der Waals surface area contributed by atoms with Gasteiger partial charge in [-0.25, -0.2) is 11.4 Å². The smallest absolute Gasteiger partial charge is 0.387 e. The van der Waals surface area contributed by atoms with Crippen molar-refractivity contribution in [1.29, 1.82) is 5.26 Å². The van der Waals surface area contributed by atoms with Gasteiger partial charge in [-0.2, -0.15) is 5.26 Å². The molecule has 0 N–H and O–H groups in total. The molecule has 0 saturated heterocycles. The quantitative estimate of drug-likeness (QED) is 0.580. The summed E-state index contributed by atoms with van der Waals surface area (Å²) in [5, 5.41) is 8.30. The molecule has 1 aromatic rings. The number of nitrogens with zero attached hydrogens (tertiary/aromatic N) is 2. The number of benzene rings is 1. The van der Waals surface area contributed by atoms with Crippen LogP contribution in [0, 0.1) is 17.9 Å². The maximum atomic E-state index is 11.0. The summed E-state index contributed by atoms with van der Waals surface area (Å²) in [7, 11) is 0. The summed E-state index contributed by atoms with van der Waals surface area (Å²) in [6.07, 6.45) is -0.269. The summed E-state index contributed by atoms with van der Waals surface area (Å²) in [6.45, 7) is 6.43. The summed E-state index contributed by atoms with van der Waals surface area (Å²) in [4.78, 5) is 24.9. The molecule has 6 nitrogen and oxygen atoms in total. The number of hydrogen-bond donors (Lipinski definition) is 0. The molecule has 1 aromatic carbocycles. The second-order valence-corrected chi connectivity index (χ2v) is 3.79. The zero-order chi connectivity index (χ0) is 14.8. The van der Waals surface area contributed by atoms with Crippen LogP contribution in [-0.4, -0.2) is 18.5 Å². The number of nitriles is 1. The summed E-state index contributed by atoms with van der Waals surface area (Å²) in [5.41, 5.74) is 1.54. The van der Waals surface area contributed by atoms with Crippen LogP contribution >= 0.6 is 0 Å². The van der Waals surface area contributed by atoms with Crippen molar-refractivity contribution in [2.24, 2.45) is 0 Å². The zero-order valence-corrected chi connectivity index (χ0v) is 10.7. The number of rotatable bonds is 6. The molecule has 1 rings (SSSR count). The van der Waals surface area contributed by atoms with Crippen LogP contribution in [0.1, 0.15) is 17.5 Å². The molecule has 0 aromatic heterocycles. The van der Waals surface area contributed by atoms with Gasteiger partial charge in [0.05, 0.1) is 6.07 Å². The molecular weight excluding hydrogens is 260 g/mol. The van der Waals surface area contributed by atoms with Crippen LogP contribution in [0.2, 0.25) is 0 Å². The predicted octanol–water partition coefficient (Wildman–Crippen LogP) is 1.61. The van der Waals surface area contributed by atoms with E-state index in [1.807, 2.05) is 0 Å². The Labute approximate surface area is 116 Å². The Bertz CT molecular complexity index is 501. The Kier molecular flexibility index (Phi) is 6.29. The van der Waals surface area contributed by atoms with Crippen molar-refractivity contribution >= 4 is 11.9 Å².